The van der Waals surface area contributed by atoms with E-state index < -0.39 is 0 Å². The molecule has 0 radical (unpaired) electrons. The summed E-state index contributed by atoms with van der Waals surface area (Å²) in [5.41, 5.74) is 1.57. The van der Waals surface area contributed by atoms with Crippen molar-refractivity contribution >= 4 is 39.9 Å². The summed E-state index contributed by atoms with van der Waals surface area (Å²) in [5.74, 6) is 0.384. The molecule has 0 bridgehead atoms. The molecule has 2 N–H and O–H groups in total. The van der Waals surface area contributed by atoms with E-state index in [1.165, 1.54) is 11.3 Å². The van der Waals surface area contributed by atoms with Crippen LogP contribution in [-0.2, 0) is 11.2 Å². The number of nitrogens with zero attached hydrogens (tertiary/aromatic N) is 1. The van der Waals surface area contributed by atoms with Crippen LogP contribution < -0.4 is 15.4 Å². The summed E-state index contributed by atoms with van der Waals surface area (Å²) in [5, 5.41) is 6.89. The fourth-order valence-corrected chi connectivity index (χ4v) is 3.81. The zero-order valence-corrected chi connectivity index (χ0v) is 18.1. The number of carbonyl (C=O) groups is 2. The van der Waals surface area contributed by atoms with Crippen LogP contribution in [0.15, 0.2) is 54.7 Å². The van der Waals surface area contributed by atoms with Gasteiger partial charge in [0.05, 0.1) is 7.11 Å². The Morgan fingerprint density at radius 2 is 1.90 bits per heavy atom. The Morgan fingerprint density at radius 1 is 1.13 bits per heavy atom. The third-order valence-electron chi connectivity index (χ3n) is 4.34. The van der Waals surface area contributed by atoms with Crippen LogP contribution in [-0.4, -0.2) is 30.5 Å². The molecule has 3 rings (SSSR count). The quantitative estimate of drug-likeness (QED) is 0.475. The zero-order valence-electron chi connectivity index (χ0n) is 16.5. The van der Waals surface area contributed by atoms with Crippen LogP contribution in [0.3, 0.4) is 0 Å². The van der Waals surface area contributed by atoms with Crippen molar-refractivity contribution in [3.05, 3.63) is 75.8 Å². The van der Waals surface area contributed by atoms with E-state index in [2.05, 4.69) is 15.6 Å². The van der Waals surface area contributed by atoms with Crippen LogP contribution in [0.4, 0.5) is 5.13 Å². The number of benzene rings is 2. The van der Waals surface area contributed by atoms with Crippen LogP contribution in [0.1, 0.15) is 33.6 Å². The van der Waals surface area contributed by atoms with Crippen LogP contribution in [0, 0.1) is 0 Å². The number of hydrogen-bond donors (Lipinski definition) is 2. The average molecular weight is 444 g/mol. The predicted octanol–water partition coefficient (Wildman–Crippen LogP) is 4.54. The molecular weight excluding hydrogens is 422 g/mol. The number of amides is 2. The maximum absolute atomic E-state index is 12.1. The Labute approximate surface area is 184 Å². The molecule has 2 aromatic carbocycles. The van der Waals surface area contributed by atoms with E-state index in [9.17, 15) is 9.59 Å². The molecule has 3 aromatic rings. The van der Waals surface area contributed by atoms with Gasteiger partial charge in [0.15, 0.2) is 5.13 Å². The van der Waals surface area contributed by atoms with Crippen molar-refractivity contribution in [2.45, 2.75) is 19.3 Å². The molecule has 2 amide bonds. The molecule has 0 saturated heterocycles. The van der Waals surface area contributed by atoms with E-state index in [0.717, 1.165) is 10.4 Å². The van der Waals surface area contributed by atoms with Crippen LogP contribution in [0.25, 0.3) is 0 Å². The summed E-state index contributed by atoms with van der Waals surface area (Å²) in [6.07, 6.45) is 3.25. The van der Waals surface area contributed by atoms with Crippen molar-refractivity contribution in [3.63, 3.8) is 0 Å². The fraction of sp³-hybridized carbons (Fsp3) is 0.227. The van der Waals surface area contributed by atoms with Crippen molar-refractivity contribution in [1.29, 1.82) is 0 Å². The highest BCUT2D eigenvalue weighted by molar-refractivity contribution is 7.15. The van der Waals surface area contributed by atoms with Gasteiger partial charge in [-0.1, -0.05) is 29.8 Å². The maximum atomic E-state index is 12.1. The van der Waals surface area contributed by atoms with Gasteiger partial charge in [-0.25, -0.2) is 4.98 Å². The predicted molar refractivity (Wildman–Crippen MR) is 120 cm³/mol. The molecule has 156 valence electrons. The third-order valence-corrected chi connectivity index (χ3v) is 5.62. The van der Waals surface area contributed by atoms with Crippen molar-refractivity contribution in [3.8, 4) is 5.75 Å². The summed E-state index contributed by atoms with van der Waals surface area (Å²) in [6.45, 7) is 0.411. The monoisotopic (exact) mass is 443 g/mol. The van der Waals surface area contributed by atoms with Gasteiger partial charge in [0.2, 0.25) is 5.91 Å². The van der Waals surface area contributed by atoms with Gasteiger partial charge in [-0.05, 0) is 42.3 Å². The van der Waals surface area contributed by atoms with Crippen LogP contribution in [0.2, 0.25) is 5.02 Å². The Hall–Kier alpha value is -2.90. The lowest BCUT2D eigenvalue weighted by Gasteiger charge is -2.06. The number of ether oxygens (including phenoxy) is 1. The minimum absolute atomic E-state index is 0.132. The standard InChI is InChI=1S/C22H22ClN3O3S/c1-29-17-10-8-15(9-11-17)21(28)24-12-4-7-20(27)26-22-25-14-18(30-22)13-16-5-2-3-6-19(16)23/h2-3,5-6,8-11,14H,4,7,12-13H2,1H3,(H,24,28)(H,25,26,27). The summed E-state index contributed by atoms with van der Waals surface area (Å²) in [6, 6.07) is 14.5. The molecule has 0 aliphatic rings. The molecule has 6 nitrogen and oxygen atoms in total. The third kappa shape index (κ3) is 6.30. The number of nitrogens with one attached hydrogen (secondary N) is 2. The number of carbonyl (C=O) groups excluding carboxylic acids is 2. The molecule has 0 saturated carbocycles. The van der Waals surface area contributed by atoms with E-state index in [1.807, 2.05) is 24.3 Å². The molecule has 1 aromatic heterocycles. The van der Waals surface area contributed by atoms with Gasteiger partial charge in [0.1, 0.15) is 5.75 Å². The molecule has 8 heteroatoms. The van der Waals surface area contributed by atoms with Crippen molar-refractivity contribution < 1.29 is 14.3 Å². The zero-order chi connectivity index (χ0) is 21.3. The summed E-state index contributed by atoms with van der Waals surface area (Å²) in [4.78, 5) is 29.5. The van der Waals surface area contributed by atoms with Crippen molar-refractivity contribution in [2.75, 3.05) is 19.0 Å². The molecule has 30 heavy (non-hydrogen) atoms. The van der Waals surface area contributed by atoms with E-state index >= 15 is 0 Å². The first kappa shape index (κ1) is 21.8. The van der Waals surface area contributed by atoms with Gasteiger partial charge in [0, 0.05) is 41.0 Å². The lowest BCUT2D eigenvalue weighted by atomic mass is 10.1. The minimum atomic E-state index is -0.179. The highest BCUT2D eigenvalue weighted by Gasteiger charge is 2.10. The molecule has 1 heterocycles. The first-order valence-electron chi connectivity index (χ1n) is 9.45. The topological polar surface area (TPSA) is 80.3 Å². The summed E-state index contributed by atoms with van der Waals surface area (Å²) < 4.78 is 5.07. The number of aromatic nitrogens is 1. The lowest BCUT2D eigenvalue weighted by molar-refractivity contribution is -0.116. The molecular formula is C22H22ClN3O3S. The Kier molecular flexibility index (Phi) is 7.82. The fourth-order valence-electron chi connectivity index (χ4n) is 2.75. The van der Waals surface area contributed by atoms with Crippen LogP contribution >= 0.6 is 22.9 Å². The molecule has 0 fully saturated rings. The van der Waals surface area contributed by atoms with E-state index in [0.29, 0.717) is 47.3 Å². The number of anilines is 1. The second-order valence-corrected chi connectivity index (χ2v) is 8.06. The summed E-state index contributed by atoms with van der Waals surface area (Å²) in [7, 11) is 1.57. The van der Waals surface area contributed by atoms with E-state index in [4.69, 9.17) is 16.3 Å². The number of halogens is 1. The number of rotatable bonds is 9. The van der Waals surface area contributed by atoms with Gasteiger partial charge >= 0.3 is 0 Å². The molecule has 0 atom stereocenters. The van der Waals surface area contributed by atoms with E-state index in [-0.39, 0.29) is 11.8 Å². The Bertz CT molecular complexity index is 1000. The molecule has 0 aliphatic carbocycles. The maximum Gasteiger partial charge on any atom is 0.251 e. The first-order valence-corrected chi connectivity index (χ1v) is 10.6. The lowest BCUT2D eigenvalue weighted by Crippen LogP contribution is -2.25. The second kappa shape index (κ2) is 10.8. The molecule has 0 unspecified atom stereocenters. The smallest absolute Gasteiger partial charge is 0.251 e. The number of methoxy groups -OCH3 is 1. The van der Waals surface area contributed by atoms with Gasteiger partial charge < -0.3 is 15.4 Å². The minimum Gasteiger partial charge on any atom is -0.497 e. The van der Waals surface area contributed by atoms with E-state index in [1.54, 1.807) is 37.6 Å². The average Bonchev–Trinajstić information content (AvgIpc) is 3.19. The second-order valence-electron chi connectivity index (χ2n) is 6.54. The Balaban J connectivity index is 1.39. The molecule has 0 spiro atoms. The highest BCUT2D eigenvalue weighted by Crippen LogP contribution is 2.24. The normalized spacial score (nSPS) is 10.5. The van der Waals surface area contributed by atoms with Crippen molar-refractivity contribution in [2.24, 2.45) is 0 Å². The number of hydrogen-bond acceptors (Lipinski definition) is 5. The SMILES string of the molecule is COc1ccc(C(=O)NCCCC(=O)Nc2ncc(Cc3ccccc3Cl)s2)cc1. The van der Waals surface area contributed by atoms with Gasteiger partial charge in [-0.15, -0.1) is 11.3 Å². The highest BCUT2D eigenvalue weighted by atomic mass is 35.5. The van der Waals surface area contributed by atoms with Gasteiger partial charge in [0.25, 0.3) is 5.91 Å². The van der Waals surface area contributed by atoms with Gasteiger partial charge in [-0.3, -0.25) is 9.59 Å². The van der Waals surface area contributed by atoms with Crippen LogP contribution in [0.5, 0.6) is 5.75 Å². The largest absolute Gasteiger partial charge is 0.497 e. The number of thiazole rings is 1. The Morgan fingerprint density at radius 3 is 2.63 bits per heavy atom. The summed E-state index contributed by atoms with van der Waals surface area (Å²) >= 11 is 7.62. The molecule has 0 aliphatic heterocycles. The first-order chi connectivity index (χ1) is 14.5. The van der Waals surface area contributed by atoms with Crippen molar-refractivity contribution in [1.82, 2.24) is 10.3 Å². The van der Waals surface area contributed by atoms with Gasteiger partial charge in [-0.2, -0.15) is 0 Å².